The SMILES string of the molecule is CCc1ccn2cc(-c3ccc(Cl)c(C)c3)nc2c1. The lowest BCUT2D eigenvalue weighted by atomic mass is 10.1. The van der Waals surface area contributed by atoms with Crippen molar-refractivity contribution in [3.05, 3.63) is 58.9 Å². The first-order chi connectivity index (χ1) is 9.17. The average Bonchev–Trinajstić information content (AvgIpc) is 2.84. The maximum Gasteiger partial charge on any atom is 0.137 e. The van der Waals surface area contributed by atoms with E-state index >= 15 is 0 Å². The molecule has 0 bridgehead atoms. The Hall–Kier alpha value is -1.80. The van der Waals surface area contributed by atoms with Gasteiger partial charge in [0.25, 0.3) is 0 Å². The predicted octanol–water partition coefficient (Wildman–Crippen LogP) is 4.53. The Morgan fingerprint density at radius 2 is 2.05 bits per heavy atom. The quantitative estimate of drug-likeness (QED) is 0.669. The fraction of sp³-hybridized carbons (Fsp3) is 0.188. The molecule has 0 radical (unpaired) electrons. The topological polar surface area (TPSA) is 17.3 Å². The monoisotopic (exact) mass is 270 g/mol. The smallest absolute Gasteiger partial charge is 0.137 e. The molecule has 0 atom stereocenters. The second-order valence-electron chi connectivity index (χ2n) is 4.74. The Bertz CT molecular complexity index is 744. The lowest BCUT2D eigenvalue weighted by Crippen LogP contribution is -1.85. The molecular weight excluding hydrogens is 256 g/mol. The van der Waals surface area contributed by atoms with Gasteiger partial charge in [-0.1, -0.05) is 24.6 Å². The van der Waals surface area contributed by atoms with Crippen molar-refractivity contribution in [2.75, 3.05) is 0 Å². The molecule has 3 rings (SSSR count). The van der Waals surface area contributed by atoms with Crippen molar-refractivity contribution in [3.63, 3.8) is 0 Å². The van der Waals surface area contributed by atoms with Crippen LogP contribution in [0.25, 0.3) is 16.9 Å². The summed E-state index contributed by atoms with van der Waals surface area (Å²) in [6, 6.07) is 10.3. The third kappa shape index (κ3) is 2.24. The summed E-state index contributed by atoms with van der Waals surface area (Å²) >= 11 is 6.06. The van der Waals surface area contributed by atoms with Gasteiger partial charge in [0.15, 0.2) is 0 Å². The van der Waals surface area contributed by atoms with Crippen molar-refractivity contribution >= 4 is 17.2 Å². The Balaban J connectivity index is 2.11. The summed E-state index contributed by atoms with van der Waals surface area (Å²) < 4.78 is 2.05. The van der Waals surface area contributed by atoms with Gasteiger partial charge in [-0.2, -0.15) is 0 Å². The number of nitrogens with zero attached hydrogens (tertiary/aromatic N) is 2. The van der Waals surface area contributed by atoms with Gasteiger partial charge in [-0.05, 0) is 48.7 Å². The Labute approximate surface area is 117 Å². The maximum atomic E-state index is 6.06. The molecule has 3 aromatic rings. The van der Waals surface area contributed by atoms with Crippen LogP contribution in [0.1, 0.15) is 18.1 Å². The fourth-order valence-electron chi connectivity index (χ4n) is 2.19. The Morgan fingerprint density at radius 3 is 2.79 bits per heavy atom. The minimum Gasteiger partial charge on any atom is -0.306 e. The van der Waals surface area contributed by atoms with Gasteiger partial charge in [0.2, 0.25) is 0 Å². The van der Waals surface area contributed by atoms with E-state index in [-0.39, 0.29) is 0 Å². The van der Waals surface area contributed by atoms with Crippen LogP contribution in [-0.2, 0) is 6.42 Å². The standard InChI is InChI=1S/C16H15ClN2/c1-3-12-6-7-19-10-15(18-16(19)9-12)13-4-5-14(17)11(2)8-13/h4-10H,3H2,1-2H3. The average molecular weight is 271 g/mol. The number of imidazole rings is 1. The molecule has 2 nitrogen and oxygen atoms in total. The highest BCUT2D eigenvalue weighted by Gasteiger charge is 2.06. The first-order valence-corrected chi connectivity index (χ1v) is 6.79. The van der Waals surface area contributed by atoms with E-state index in [0.29, 0.717) is 0 Å². The highest BCUT2D eigenvalue weighted by molar-refractivity contribution is 6.31. The van der Waals surface area contributed by atoms with Crippen LogP contribution in [0.15, 0.2) is 42.7 Å². The molecule has 0 spiro atoms. The van der Waals surface area contributed by atoms with Crippen LogP contribution < -0.4 is 0 Å². The van der Waals surface area contributed by atoms with Gasteiger partial charge in [0.05, 0.1) is 5.69 Å². The number of pyridine rings is 1. The molecule has 96 valence electrons. The zero-order valence-electron chi connectivity index (χ0n) is 11.0. The molecule has 0 aliphatic carbocycles. The van der Waals surface area contributed by atoms with Crippen LogP contribution in [0.4, 0.5) is 0 Å². The highest BCUT2D eigenvalue weighted by Crippen LogP contribution is 2.24. The molecular formula is C16H15ClN2. The molecule has 19 heavy (non-hydrogen) atoms. The van der Waals surface area contributed by atoms with Gasteiger partial charge in [-0.15, -0.1) is 0 Å². The number of aryl methyl sites for hydroxylation is 2. The van der Waals surface area contributed by atoms with Gasteiger partial charge in [0, 0.05) is 23.0 Å². The van der Waals surface area contributed by atoms with Crippen LogP contribution in [0, 0.1) is 6.92 Å². The van der Waals surface area contributed by atoms with E-state index in [1.54, 1.807) is 0 Å². The normalized spacial score (nSPS) is 11.1. The van der Waals surface area contributed by atoms with Gasteiger partial charge in [-0.3, -0.25) is 0 Å². The Morgan fingerprint density at radius 1 is 1.21 bits per heavy atom. The second kappa shape index (κ2) is 4.71. The van der Waals surface area contributed by atoms with Crippen LogP contribution in [0.2, 0.25) is 5.02 Å². The molecule has 0 amide bonds. The summed E-state index contributed by atoms with van der Waals surface area (Å²) in [6.07, 6.45) is 5.14. The van der Waals surface area contributed by atoms with Gasteiger partial charge < -0.3 is 4.40 Å². The van der Waals surface area contributed by atoms with E-state index < -0.39 is 0 Å². The van der Waals surface area contributed by atoms with Crippen molar-refractivity contribution < 1.29 is 0 Å². The van der Waals surface area contributed by atoms with E-state index in [1.165, 1.54) is 5.56 Å². The highest BCUT2D eigenvalue weighted by atomic mass is 35.5. The number of fused-ring (bicyclic) bond motifs is 1. The lowest BCUT2D eigenvalue weighted by molar-refractivity contribution is 1.10. The molecule has 0 saturated carbocycles. The maximum absolute atomic E-state index is 6.06. The zero-order valence-corrected chi connectivity index (χ0v) is 11.8. The van der Waals surface area contributed by atoms with Crippen molar-refractivity contribution in [3.8, 4) is 11.3 Å². The molecule has 0 N–H and O–H groups in total. The number of aromatic nitrogens is 2. The minimum atomic E-state index is 0.792. The number of hydrogen-bond acceptors (Lipinski definition) is 1. The number of benzene rings is 1. The predicted molar refractivity (Wildman–Crippen MR) is 79.8 cm³/mol. The lowest BCUT2D eigenvalue weighted by Gasteiger charge is -2.00. The summed E-state index contributed by atoms with van der Waals surface area (Å²) in [5.74, 6) is 0. The van der Waals surface area contributed by atoms with Gasteiger partial charge >= 0.3 is 0 Å². The molecule has 0 aliphatic rings. The fourth-order valence-corrected chi connectivity index (χ4v) is 2.30. The molecule has 0 aliphatic heterocycles. The number of hydrogen-bond donors (Lipinski definition) is 0. The summed E-state index contributed by atoms with van der Waals surface area (Å²) in [6.45, 7) is 4.16. The minimum absolute atomic E-state index is 0.792. The third-order valence-electron chi connectivity index (χ3n) is 3.39. The van der Waals surface area contributed by atoms with Crippen molar-refractivity contribution in [2.45, 2.75) is 20.3 Å². The Kier molecular flexibility index (Phi) is 3.03. The van der Waals surface area contributed by atoms with Crippen molar-refractivity contribution in [2.24, 2.45) is 0 Å². The third-order valence-corrected chi connectivity index (χ3v) is 3.81. The van der Waals surface area contributed by atoms with E-state index in [9.17, 15) is 0 Å². The largest absolute Gasteiger partial charge is 0.306 e. The molecule has 1 aromatic carbocycles. The van der Waals surface area contributed by atoms with Crippen LogP contribution in [0.5, 0.6) is 0 Å². The zero-order chi connectivity index (χ0) is 13.4. The van der Waals surface area contributed by atoms with E-state index in [4.69, 9.17) is 11.6 Å². The number of rotatable bonds is 2. The second-order valence-corrected chi connectivity index (χ2v) is 5.15. The molecule has 2 heterocycles. The first kappa shape index (κ1) is 12.2. The van der Waals surface area contributed by atoms with Crippen LogP contribution in [0.3, 0.4) is 0 Å². The van der Waals surface area contributed by atoms with Crippen LogP contribution in [-0.4, -0.2) is 9.38 Å². The summed E-state index contributed by atoms with van der Waals surface area (Å²) in [5, 5.41) is 0.792. The van der Waals surface area contributed by atoms with Crippen molar-refractivity contribution in [1.29, 1.82) is 0 Å². The molecule has 0 unspecified atom stereocenters. The van der Waals surface area contributed by atoms with Gasteiger partial charge in [-0.25, -0.2) is 4.98 Å². The molecule has 0 fully saturated rings. The summed E-state index contributed by atoms with van der Waals surface area (Å²) in [5.41, 5.74) is 5.45. The van der Waals surface area contributed by atoms with Gasteiger partial charge in [0.1, 0.15) is 5.65 Å². The molecule has 3 heteroatoms. The van der Waals surface area contributed by atoms with E-state index in [2.05, 4.69) is 46.9 Å². The summed E-state index contributed by atoms with van der Waals surface area (Å²) in [7, 11) is 0. The van der Waals surface area contributed by atoms with E-state index in [1.807, 2.05) is 19.1 Å². The number of halogens is 1. The van der Waals surface area contributed by atoms with Crippen LogP contribution >= 0.6 is 11.6 Å². The first-order valence-electron chi connectivity index (χ1n) is 6.41. The van der Waals surface area contributed by atoms with E-state index in [0.717, 1.165) is 33.9 Å². The molecule has 0 saturated heterocycles. The summed E-state index contributed by atoms with van der Waals surface area (Å²) in [4.78, 5) is 4.68. The van der Waals surface area contributed by atoms with Crippen molar-refractivity contribution in [1.82, 2.24) is 9.38 Å². The molecule has 2 aromatic heterocycles.